The molecule has 0 bridgehead atoms. The van der Waals surface area contributed by atoms with Crippen LogP contribution in [0.1, 0.15) is 123 Å². The average Bonchev–Trinajstić information content (AvgIpc) is 2.60. The molecule has 0 atom stereocenters. The summed E-state index contributed by atoms with van der Waals surface area (Å²) in [6, 6.07) is 0. The Morgan fingerprint density at radius 2 is 0.875 bits per heavy atom. The van der Waals surface area contributed by atoms with Crippen LogP contribution in [-0.2, 0) is 4.74 Å². The molecule has 0 aliphatic carbocycles. The molecule has 0 rings (SSSR count). The van der Waals surface area contributed by atoms with Crippen LogP contribution in [0.25, 0.3) is 0 Å². The molecule has 0 spiro atoms. The zero-order chi connectivity index (χ0) is 17.6. The van der Waals surface area contributed by atoms with Crippen molar-refractivity contribution in [1.82, 2.24) is 0 Å². The van der Waals surface area contributed by atoms with Crippen molar-refractivity contribution in [2.75, 3.05) is 13.2 Å². The highest BCUT2D eigenvalue weighted by Crippen LogP contribution is 2.10. The van der Waals surface area contributed by atoms with E-state index in [0.717, 1.165) is 13.2 Å². The van der Waals surface area contributed by atoms with Crippen LogP contribution in [0.3, 0.4) is 0 Å². The number of rotatable bonds is 20. The van der Waals surface area contributed by atoms with E-state index >= 15 is 0 Å². The summed E-state index contributed by atoms with van der Waals surface area (Å²) >= 11 is 0. The Kier molecular flexibility index (Phi) is 22.4. The SMILES string of the molecule is CCCCCCCCC/C=C\CCCCCCCCOCCCC. The van der Waals surface area contributed by atoms with E-state index in [9.17, 15) is 0 Å². The van der Waals surface area contributed by atoms with E-state index in [1.165, 1.54) is 109 Å². The highest BCUT2D eigenvalue weighted by Gasteiger charge is 1.92. The minimum atomic E-state index is 0.960. The predicted octanol–water partition coefficient (Wildman–Crippen LogP) is 8.23. The summed E-state index contributed by atoms with van der Waals surface area (Å²) in [5.41, 5.74) is 0. The maximum Gasteiger partial charge on any atom is 0.0466 e. The molecule has 0 amide bonds. The molecule has 0 heterocycles. The highest BCUT2D eigenvalue weighted by molar-refractivity contribution is 4.81. The van der Waals surface area contributed by atoms with E-state index in [-0.39, 0.29) is 0 Å². The second-order valence-electron chi connectivity index (χ2n) is 7.26. The fourth-order valence-electron chi connectivity index (χ4n) is 2.98. The van der Waals surface area contributed by atoms with Crippen LogP contribution in [0.5, 0.6) is 0 Å². The first-order chi connectivity index (χ1) is 11.9. The number of hydrogen-bond donors (Lipinski definition) is 0. The smallest absolute Gasteiger partial charge is 0.0466 e. The van der Waals surface area contributed by atoms with Crippen LogP contribution < -0.4 is 0 Å². The fraction of sp³-hybridized carbons (Fsp3) is 0.913. The molecule has 0 aromatic rings. The van der Waals surface area contributed by atoms with Gasteiger partial charge >= 0.3 is 0 Å². The molecule has 0 aromatic carbocycles. The molecule has 0 radical (unpaired) electrons. The Labute approximate surface area is 153 Å². The average molecular weight is 339 g/mol. The first kappa shape index (κ1) is 23.7. The van der Waals surface area contributed by atoms with E-state index in [1.807, 2.05) is 0 Å². The van der Waals surface area contributed by atoms with Crippen molar-refractivity contribution >= 4 is 0 Å². The zero-order valence-electron chi connectivity index (χ0n) is 17.0. The Hall–Kier alpha value is -0.300. The lowest BCUT2D eigenvalue weighted by molar-refractivity contribution is 0.127. The number of hydrogen-bond acceptors (Lipinski definition) is 1. The van der Waals surface area contributed by atoms with Gasteiger partial charge in [0.05, 0.1) is 0 Å². The Morgan fingerprint density at radius 1 is 0.458 bits per heavy atom. The maximum absolute atomic E-state index is 5.59. The first-order valence-corrected chi connectivity index (χ1v) is 11.1. The number of allylic oxidation sites excluding steroid dienone is 2. The van der Waals surface area contributed by atoms with E-state index in [2.05, 4.69) is 26.0 Å². The normalized spacial score (nSPS) is 11.6. The summed E-state index contributed by atoms with van der Waals surface area (Å²) in [6.07, 6.45) is 28.0. The monoisotopic (exact) mass is 338 g/mol. The summed E-state index contributed by atoms with van der Waals surface area (Å²) in [4.78, 5) is 0. The van der Waals surface area contributed by atoms with Crippen molar-refractivity contribution in [2.45, 2.75) is 123 Å². The van der Waals surface area contributed by atoms with Gasteiger partial charge in [0.1, 0.15) is 0 Å². The Bertz CT molecular complexity index is 234. The molecule has 1 nitrogen and oxygen atoms in total. The maximum atomic E-state index is 5.59. The van der Waals surface area contributed by atoms with Gasteiger partial charge in [-0.05, 0) is 38.5 Å². The van der Waals surface area contributed by atoms with Crippen LogP contribution in [0, 0.1) is 0 Å². The summed E-state index contributed by atoms with van der Waals surface area (Å²) in [7, 11) is 0. The summed E-state index contributed by atoms with van der Waals surface area (Å²) < 4.78 is 5.59. The van der Waals surface area contributed by atoms with Crippen LogP contribution in [0.15, 0.2) is 12.2 Å². The number of unbranched alkanes of at least 4 members (excludes halogenated alkanes) is 14. The largest absolute Gasteiger partial charge is 0.381 e. The Balaban J connectivity index is 3.03. The van der Waals surface area contributed by atoms with Gasteiger partial charge < -0.3 is 4.74 Å². The molecule has 0 aliphatic rings. The molecule has 0 N–H and O–H groups in total. The second-order valence-corrected chi connectivity index (χ2v) is 7.26. The topological polar surface area (TPSA) is 9.23 Å². The van der Waals surface area contributed by atoms with Gasteiger partial charge in [-0.1, -0.05) is 96.6 Å². The molecule has 0 aliphatic heterocycles. The van der Waals surface area contributed by atoms with Gasteiger partial charge in [0.25, 0.3) is 0 Å². The molecular formula is C23H46O. The summed E-state index contributed by atoms with van der Waals surface area (Å²) in [5.74, 6) is 0. The lowest BCUT2D eigenvalue weighted by atomic mass is 10.1. The predicted molar refractivity (Wildman–Crippen MR) is 110 cm³/mol. The third-order valence-electron chi connectivity index (χ3n) is 4.69. The molecule has 0 unspecified atom stereocenters. The van der Waals surface area contributed by atoms with Gasteiger partial charge in [-0.2, -0.15) is 0 Å². The van der Waals surface area contributed by atoms with Crippen molar-refractivity contribution in [3.8, 4) is 0 Å². The van der Waals surface area contributed by atoms with Crippen LogP contribution in [0.4, 0.5) is 0 Å². The first-order valence-electron chi connectivity index (χ1n) is 11.1. The van der Waals surface area contributed by atoms with Crippen LogP contribution in [0.2, 0.25) is 0 Å². The standard InChI is InChI=1S/C23H46O/c1-3-5-7-8-9-10-11-12-13-14-15-16-17-18-19-20-21-23-24-22-6-4-2/h13-14H,3-12,15-23H2,1-2H3/b14-13-. The molecule has 0 saturated heterocycles. The Morgan fingerprint density at radius 3 is 1.42 bits per heavy atom. The van der Waals surface area contributed by atoms with E-state index in [0.29, 0.717) is 0 Å². The van der Waals surface area contributed by atoms with Gasteiger partial charge in [-0.15, -0.1) is 0 Å². The zero-order valence-corrected chi connectivity index (χ0v) is 17.0. The highest BCUT2D eigenvalue weighted by atomic mass is 16.5. The molecular weight excluding hydrogens is 292 g/mol. The molecule has 24 heavy (non-hydrogen) atoms. The van der Waals surface area contributed by atoms with Crippen molar-refractivity contribution < 1.29 is 4.74 Å². The minimum Gasteiger partial charge on any atom is -0.381 e. The third kappa shape index (κ3) is 21.7. The van der Waals surface area contributed by atoms with Gasteiger partial charge in [0, 0.05) is 13.2 Å². The van der Waals surface area contributed by atoms with Crippen molar-refractivity contribution in [3.63, 3.8) is 0 Å². The second kappa shape index (κ2) is 22.7. The van der Waals surface area contributed by atoms with E-state index in [4.69, 9.17) is 4.74 Å². The van der Waals surface area contributed by atoms with Crippen molar-refractivity contribution in [2.24, 2.45) is 0 Å². The van der Waals surface area contributed by atoms with E-state index in [1.54, 1.807) is 0 Å². The fourth-order valence-corrected chi connectivity index (χ4v) is 2.98. The van der Waals surface area contributed by atoms with Gasteiger partial charge in [-0.25, -0.2) is 0 Å². The molecule has 0 aromatic heterocycles. The van der Waals surface area contributed by atoms with Gasteiger partial charge in [-0.3, -0.25) is 0 Å². The van der Waals surface area contributed by atoms with E-state index < -0.39 is 0 Å². The lowest BCUT2D eigenvalue weighted by Gasteiger charge is -2.03. The minimum absolute atomic E-state index is 0.960. The lowest BCUT2D eigenvalue weighted by Crippen LogP contribution is -1.96. The quantitative estimate of drug-likeness (QED) is 0.160. The molecule has 0 fully saturated rings. The molecule has 144 valence electrons. The van der Waals surface area contributed by atoms with Crippen molar-refractivity contribution in [3.05, 3.63) is 12.2 Å². The van der Waals surface area contributed by atoms with Gasteiger partial charge in [0.15, 0.2) is 0 Å². The van der Waals surface area contributed by atoms with Crippen LogP contribution >= 0.6 is 0 Å². The summed E-state index contributed by atoms with van der Waals surface area (Å²) in [5, 5.41) is 0. The number of ether oxygens (including phenoxy) is 1. The van der Waals surface area contributed by atoms with Crippen molar-refractivity contribution in [1.29, 1.82) is 0 Å². The van der Waals surface area contributed by atoms with Crippen LogP contribution in [-0.4, -0.2) is 13.2 Å². The molecule has 1 heteroatoms. The summed E-state index contributed by atoms with van der Waals surface area (Å²) in [6.45, 7) is 6.44. The third-order valence-corrected chi connectivity index (χ3v) is 4.69. The van der Waals surface area contributed by atoms with Gasteiger partial charge in [0.2, 0.25) is 0 Å². The molecule has 0 saturated carbocycles.